The van der Waals surface area contributed by atoms with Crippen LogP contribution in [-0.2, 0) is 9.53 Å². The molecule has 0 aromatic heterocycles. The van der Waals surface area contributed by atoms with Crippen LogP contribution in [0.5, 0.6) is 0 Å². The van der Waals surface area contributed by atoms with E-state index in [0.717, 1.165) is 11.1 Å². The Morgan fingerprint density at radius 2 is 1.65 bits per heavy atom. The molecule has 0 saturated heterocycles. The van der Waals surface area contributed by atoms with Gasteiger partial charge in [0.1, 0.15) is 5.70 Å². The van der Waals surface area contributed by atoms with Gasteiger partial charge in [0.15, 0.2) is 11.7 Å². The Balaban J connectivity index is 2.14. The maximum atomic E-state index is 13.7. The summed E-state index contributed by atoms with van der Waals surface area (Å²) >= 11 is 0. The van der Waals surface area contributed by atoms with Crippen molar-refractivity contribution in [3.63, 3.8) is 0 Å². The maximum absolute atomic E-state index is 13.7. The number of carbonyl (C=O) groups excluding carboxylic acids is 1. The van der Waals surface area contributed by atoms with Crippen molar-refractivity contribution in [2.24, 2.45) is 10.9 Å². The zero-order chi connectivity index (χ0) is 18.6. The molecule has 2 aromatic carbocycles. The second kappa shape index (κ2) is 5.56. The molecule has 6 heteroatoms. The van der Waals surface area contributed by atoms with E-state index in [-0.39, 0.29) is 17.0 Å². The van der Waals surface area contributed by atoms with Gasteiger partial charge in [-0.15, -0.1) is 0 Å². The molecule has 3 nitrogen and oxygen atoms in total. The number of hydrogen-bond acceptors (Lipinski definition) is 3. The van der Waals surface area contributed by atoms with E-state index in [1.165, 1.54) is 0 Å². The Morgan fingerprint density at radius 3 is 2.31 bits per heavy atom. The quantitative estimate of drug-likeness (QED) is 0.736. The number of halogens is 3. The molecule has 1 atom stereocenters. The van der Waals surface area contributed by atoms with Crippen molar-refractivity contribution in [2.75, 3.05) is 0 Å². The zero-order valence-electron chi connectivity index (χ0n) is 14.0. The summed E-state index contributed by atoms with van der Waals surface area (Å²) < 4.78 is 46.2. The number of carbonyl (C=O) groups is 1. The molecule has 0 aliphatic carbocycles. The van der Waals surface area contributed by atoms with Gasteiger partial charge in [-0.25, -0.2) is 4.99 Å². The van der Waals surface area contributed by atoms with Gasteiger partial charge in [-0.3, -0.25) is 4.79 Å². The molecule has 2 heterocycles. The topological polar surface area (TPSA) is 38.7 Å². The first-order valence-electron chi connectivity index (χ1n) is 8.06. The predicted octanol–water partition coefficient (Wildman–Crippen LogP) is 3.19. The molecule has 132 valence electrons. The summed E-state index contributed by atoms with van der Waals surface area (Å²) in [5.74, 6) is -3.56. The smallest absolute Gasteiger partial charge is 0.406 e. The molecule has 2 aliphatic heterocycles. The fourth-order valence-electron chi connectivity index (χ4n) is 3.42. The standard InChI is InChI=1S/C20H14F3NO2/c1-10-8-9-11(2)16-13(10)18-17(24-16)14(12-6-4-3-5-7-12)15(19(25)26-18)20(21,22)23/h3-9,15H,1-2H3. The lowest BCUT2D eigenvalue weighted by atomic mass is 9.87. The lowest BCUT2D eigenvalue weighted by molar-refractivity contribution is -0.182. The fourth-order valence-corrected chi connectivity index (χ4v) is 3.42. The van der Waals surface area contributed by atoms with Gasteiger partial charge in [-0.05, 0) is 30.5 Å². The van der Waals surface area contributed by atoms with Crippen molar-refractivity contribution < 1.29 is 22.7 Å². The fraction of sp³-hybridized carbons (Fsp3) is 0.200. The number of rotatable bonds is 1. The van der Waals surface area contributed by atoms with Gasteiger partial charge >= 0.3 is 12.1 Å². The number of aryl methyl sites for hydroxylation is 2. The van der Waals surface area contributed by atoms with Crippen molar-refractivity contribution in [2.45, 2.75) is 20.0 Å². The van der Waals surface area contributed by atoms with Crippen LogP contribution in [0.4, 0.5) is 13.2 Å². The monoisotopic (exact) mass is 357 g/mol. The van der Waals surface area contributed by atoms with Crippen molar-refractivity contribution in [1.82, 2.24) is 0 Å². The molecule has 0 saturated carbocycles. The van der Waals surface area contributed by atoms with E-state index in [9.17, 15) is 18.0 Å². The number of alkyl halides is 3. The lowest BCUT2D eigenvalue weighted by Gasteiger charge is -2.28. The normalized spacial score (nSPS) is 19.0. The van der Waals surface area contributed by atoms with Gasteiger partial charge in [0.2, 0.25) is 0 Å². The first-order chi connectivity index (χ1) is 12.3. The van der Waals surface area contributed by atoms with E-state index in [0.29, 0.717) is 16.1 Å². The SMILES string of the molecule is Cc1ccc(C)c2c1=NC1=C(c3ccccc3)C(C(F)(F)F)C(=O)OC=21. The van der Waals surface area contributed by atoms with Crippen LogP contribution in [0.25, 0.3) is 11.3 Å². The average molecular weight is 357 g/mol. The van der Waals surface area contributed by atoms with Crippen LogP contribution in [0.1, 0.15) is 16.7 Å². The highest BCUT2D eigenvalue weighted by Gasteiger charge is 2.53. The third-order valence-electron chi connectivity index (χ3n) is 4.65. The van der Waals surface area contributed by atoms with E-state index in [4.69, 9.17) is 4.74 Å². The number of fused-ring (bicyclic) bond motifs is 2. The molecule has 0 bridgehead atoms. The molecule has 2 aliphatic rings. The van der Waals surface area contributed by atoms with Crippen molar-refractivity contribution >= 4 is 17.3 Å². The van der Waals surface area contributed by atoms with Crippen LogP contribution < -0.4 is 10.6 Å². The van der Waals surface area contributed by atoms with Crippen LogP contribution in [0.3, 0.4) is 0 Å². The molecule has 1 unspecified atom stereocenters. The van der Waals surface area contributed by atoms with Crippen LogP contribution in [0.15, 0.2) is 53.2 Å². The van der Waals surface area contributed by atoms with Gasteiger partial charge in [-0.1, -0.05) is 42.5 Å². The number of benzene rings is 2. The molecule has 0 N–H and O–H groups in total. The minimum Gasteiger partial charge on any atom is -0.423 e. The Hall–Kier alpha value is -2.89. The summed E-state index contributed by atoms with van der Waals surface area (Å²) in [6.07, 6.45) is -4.77. The van der Waals surface area contributed by atoms with Crippen molar-refractivity contribution in [3.05, 3.63) is 75.4 Å². The highest BCUT2D eigenvalue weighted by molar-refractivity contribution is 6.00. The Kier molecular flexibility index (Phi) is 3.54. The zero-order valence-corrected chi connectivity index (χ0v) is 14.0. The molecule has 0 radical (unpaired) electrons. The average Bonchev–Trinajstić information content (AvgIpc) is 2.97. The minimum absolute atomic E-state index is 0.0884. The largest absolute Gasteiger partial charge is 0.423 e. The first kappa shape index (κ1) is 16.6. The maximum Gasteiger partial charge on any atom is 0.406 e. The third kappa shape index (κ3) is 2.36. The second-order valence-corrected chi connectivity index (χ2v) is 6.39. The molecular formula is C20H14F3NO2. The van der Waals surface area contributed by atoms with E-state index in [1.807, 2.05) is 26.0 Å². The van der Waals surface area contributed by atoms with Crippen molar-refractivity contribution in [1.29, 1.82) is 0 Å². The van der Waals surface area contributed by atoms with Crippen LogP contribution in [0.2, 0.25) is 0 Å². The summed E-state index contributed by atoms with van der Waals surface area (Å²) in [5, 5.41) is 1.14. The van der Waals surface area contributed by atoms with E-state index < -0.39 is 18.1 Å². The lowest BCUT2D eigenvalue weighted by Crippen LogP contribution is -2.37. The number of nitrogens with zero attached hydrogens (tertiary/aromatic N) is 1. The highest BCUT2D eigenvalue weighted by atomic mass is 19.4. The number of esters is 1. The van der Waals surface area contributed by atoms with Gasteiger partial charge in [0, 0.05) is 10.8 Å². The molecule has 0 spiro atoms. The molecular weight excluding hydrogens is 343 g/mol. The highest BCUT2D eigenvalue weighted by Crippen LogP contribution is 2.45. The first-order valence-corrected chi connectivity index (χ1v) is 8.06. The van der Waals surface area contributed by atoms with Crippen molar-refractivity contribution in [3.8, 4) is 0 Å². The Bertz CT molecular complexity index is 1080. The predicted molar refractivity (Wildman–Crippen MR) is 89.1 cm³/mol. The third-order valence-corrected chi connectivity index (χ3v) is 4.65. The Morgan fingerprint density at radius 1 is 1.00 bits per heavy atom. The van der Waals surface area contributed by atoms with E-state index >= 15 is 0 Å². The van der Waals surface area contributed by atoms with E-state index in [2.05, 4.69) is 4.99 Å². The minimum atomic E-state index is -4.77. The van der Waals surface area contributed by atoms with E-state index in [1.54, 1.807) is 30.3 Å². The number of ether oxygens (including phenoxy) is 1. The van der Waals surface area contributed by atoms with Gasteiger partial charge in [-0.2, -0.15) is 13.2 Å². The summed E-state index contributed by atoms with van der Waals surface area (Å²) in [5.41, 5.74) is 1.85. The summed E-state index contributed by atoms with van der Waals surface area (Å²) in [6, 6.07) is 11.8. The van der Waals surface area contributed by atoms with Crippen LogP contribution >= 0.6 is 0 Å². The van der Waals surface area contributed by atoms with Crippen LogP contribution in [-0.4, -0.2) is 12.1 Å². The molecule has 2 aromatic rings. The summed E-state index contributed by atoms with van der Waals surface area (Å²) in [6.45, 7) is 3.64. The number of hydrogen-bond donors (Lipinski definition) is 0. The molecule has 0 fully saturated rings. The van der Waals surface area contributed by atoms with Gasteiger partial charge in [0.25, 0.3) is 0 Å². The molecule has 4 rings (SSSR count). The summed E-state index contributed by atoms with van der Waals surface area (Å²) in [7, 11) is 0. The Labute approximate surface area is 147 Å². The van der Waals surface area contributed by atoms with Crippen LogP contribution in [0, 0.1) is 19.8 Å². The molecule has 0 amide bonds. The summed E-state index contributed by atoms with van der Waals surface area (Å²) in [4.78, 5) is 16.8. The second-order valence-electron chi connectivity index (χ2n) is 6.39. The van der Waals surface area contributed by atoms with Gasteiger partial charge in [0.05, 0.1) is 5.36 Å². The molecule has 26 heavy (non-hydrogen) atoms. The van der Waals surface area contributed by atoms with Gasteiger partial charge < -0.3 is 4.74 Å².